The largest absolute Gasteiger partial charge is 0.430 e. The van der Waals surface area contributed by atoms with Gasteiger partial charge in [-0.1, -0.05) is 0 Å². The van der Waals surface area contributed by atoms with Crippen LogP contribution in [0.5, 0.6) is 0 Å². The number of nitrogens with zero attached hydrogens (tertiary/aromatic N) is 2. The number of alkyl halides is 3. The molecule has 1 radical (unpaired) electrons. The molecule has 1 rings (SSSR count). The fraction of sp³-hybridized carbons (Fsp3) is 0.750. The standard InChI is InChI=1S/C4H4F3N2/c5-4(6,7)3-1-8-2-9-3/h1-2H2. The van der Waals surface area contributed by atoms with Crippen molar-refractivity contribution in [2.24, 2.45) is 4.99 Å². The van der Waals surface area contributed by atoms with Gasteiger partial charge in [0.2, 0.25) is 0 Å². The minimum absolute atomic E-state index is 0.0329. The molecule has 0 spiro atoms. The monoisotopic (exact) mass is 137 g/mol. The summed E-state index contributed by atoms with van der Waals surface area (Å²) < 4.78 is 34.7. The van der Waals surface area contributed by atoms with Gasteiger partial charge in [0.1, 0.15) is 12.4 Å². The summed E-state index contributed by atoms with van der Waals surface area (Å²) in [4.78, 5) is 3.13. The summed E-state index contributed by atoms with van der Waals surface area (Å²) >= 11 is 0. The van der Waals surface area contributed by atoms with Crippen molar-refractivity contribution in [1.29, 1.82) is 0 Å². The molecule has 0 amide bonds. The third-order valence-electron chi connectivity index (χ3n) is 0.950. The third kappa shape index (κ3) is 1.41. The third-order valence-corrected chi connectivity index (χ3v) is 0.950. The highest BCUT2D eigenvalue weighted by molar-refractivity contribution is 5.92. The second-order valence-electron chi connectivity index (χ2n) is 1.63. The first kappa shape index (κ1) is 6.54. The summed E-state index contributed by atoms with van der Waals surface area (Å²) in [5.74, 6) is 0. The van der Waals surface area contributed by atoms with Gasteiger partial charge in [-0.05, 0) is 0 Å². The molecule has 0 unspecified atom stereocenters. The van der Waals surface area contributed by atoms with Crippen molar-refractivity contribution in [2.45, 2.75) is 6.18 Å². The molecule has 9 heavy (non-hydrogen) atoms. The van der Waals surface area contributed by atoms with E-state index < -0.39 is 11.9 Å². The van der Waals surface area contributed by atoms with Crippen LogP contribution in [0.3, 0.4) is 0 Å². The lowest BCUT2D eigenvalue weighted by atomic mass is 10.4. The van der Waals surface area contributed by atoms with Gasteiger partial charge >= 0.3 is 6.18 Å². The van der Waals surface area contributed by atoms with E-state index in [4.69, 9.17) is 0 Å². The Hall–Kier alpha value is -0.580. The molecule has 0 aromatic carbocycles. The van der Waals surface area contributed by atoms with E-state index in [2.05, 4.69) is 10.3 Å². The van der Waals surface area contributed by atoms with Gasteiger partial charge in [-0.2, -0.15) is 13.2 Å². The van der Waals surface area contributed by atoms with Crippen LogP contribution in [-0.2, 0) is 0 Å². The maximum Gasteiger partial charge on any atom is 0.430 e. The Labute approximate surface area is 49.8 Å². The lowest BCUT2D eigenvalue weighted by Gasteiger charge is -2.02. The van der Waals surface area contributed by atoms with Crippen LogP contribution >= 0.6 is 0 Å². The first-order valence-corrected chi connectivity index (χ1v) is 2.34. The van der Waals surface area contributed by atoms with Crippen LogP contribution in [0.15, 0.2) is 4.99 Å². The number of hydrogen-bond donors (Lipinski definition) is 0. The molecule has 0 saturated carbocycles. The second-order valence-corrected chi connectivity index (χ2v) is 1.63. The highest BCUT2D eigenvalue weighted by atomic mass is 19.4. The van der Waals surface area contributed by atoms with Crippen LogP contribution in [0.4, 0.5) is 13.2 Å². The highest BCUT2D eigenvalue weighted by Gasteiger charge is 2.36. The Morgan fingerprint density at radius 3 is 2.22 bits per heavy atom. The average molecular weight is 137 g/mol. The van der Waals surface area contributed by atoms with Crippen molar-refractivity contribution in [3.63, 3.8) is 0 Å². The molecule has 51 valence electrons. The van der Waals surface area contributed by atoms with Crippen LogP contribution in [0.25, 0.3) is 0 Å². The van der Waals surface area contributed by atoms with Crippen LogP contribution in [-0.4, -0.2) is 25.1 Å². The molecule has 0 fully saturated rings. The Morgan fingerprint density at radius 2 is 2.00 bits per heavy atom. The van der Waals surface area contributed by atoms with Gasteiger partial charge < -0.3 is 0 Å². The van der Waals surface area contributed by atoms with Crippen molar-refractivity contribution in [3.8, 4) is 0 Å². The van der Waals surface area contributed by atoms with Crippen LogP contribution in [0.1, 0.15) is 0 Å². The van der Waals surface area contributed by atoms with Crippen molar-refractivity contribution in [2.75, 3.05) is 13.2 Å². The fourth-order valence-corrected chi connectivity index (χ4v) is 0.521. The van der Waals surface area contributed by atoms with Crippen molar-refractivity contribution in [1.82, 2.24) is 5.32 Å². The zero-order valence-corrected chi connectivity index (χ0v) is 4.44. The molecule has 0 aromatic heterocycles. The minimum Gasteiger partial charge on any atom is -0.266 e. The average Bonchev–Trinajstić information content (AvgIpc) is 2.08. The molecule has 0 saturated heterocycles. The van der Waals surface area contributed by atoms with Gasteiger partial charge in [0.05, 0.1) is 6.54 Å². The van der Waals surface area contributed by atoms with E-state index in [-0.39, 0.29) is 13.2 Å². The molecular weight excluding hydrogens is 133 g/mol. The minimum atomic E-state index is -4.26. The molecule has 2 nitrogen and oxygen atoms in total. The van der Waals surface area contributed by atoms with Gasteiger partial charge in [0.25, 0.3) is 0 Å². The number of hydrogen-bond acceptors (Lipinski definition) is 1. The van der Waals surface area contributed by atoms with Gasteiger partial charge in [0, 0.05) is 0 Å². The Kier molecular flexibility index (Phi) is 1.44. The van der Waals surface area contributed by atoms with Crippen LogP contribution < -0.4 is 5.32 Å². The van der Waals surface area contributed by atoms with E-state index in [9.17, 15) is 13.2 Å². The Morgan fingerprint density at radius 1 is 1.33 bits per heavy atom. The van der Waals surface area contributed by atoms with E-state index in [1.807, 2.05) is 0 Å². The summed E-state index contributed by atoms with van der Waals surface area (Å²) in [5.41, 5.74) is -0.762. The predicted octanol–water partition coefficient (Wildman–Crippen LogP) is 0.565. The normalized spacial score (nSPS) is 20.1. The lowest BCUT2D eigenvalue weighted by Crippen LogP contribution is -2.25. The Bertz CT molecular complexity index is 137. The topological polar surface area (TPSA) is 26.5 Å². The van der Waals surface area contributed by atoms with Crippen molar-refractivity contribution < 1.29 is 13.2 Å². The molecular formula is C4H4F3N2. The SMILES string of the molecule is FC(F)(F)C1=NC[N]C1. The van der Waals surface area contributed by atoms with Crippen molar-refractivity contribution in [3.05, 3.63) is 0 Å². The van der Waals surface area contributed by atoms with E-state index in [0.717, 1.165) is 0 Å². The zero-order valence-electron chi connectivity index (χ0n) is 4.44. The number of halogens is 3. The summed E-state index contributed by atoms with van der Waals surface area (Å²) in [6.45, 7) is -0.307. The van der Waals surface area contributed by atoms with Gasteiger partial charge in [-0.25, -0.2) is 5.32 Å². The molecule has 0 aliphatic carbocycles. The highest BCUT2D eigenvalue weighted by Crippen LogP contribution is 2.18. The van der Waals surface area contributed by atoms with E-state index >= 15 is 0 Å². The van der Waals surface area contributed by atoms with Gasteiger partial charge in [0.15, 0.2) is 0 Å². The quantitative estimate of drug-likeness (QED) is 0.466. The maximum atomic E-state index is 11.6. The molecule has 0 atom stereocenters. The molecule has 5 heteroatoms. The molecule has 0 aromatic rings. The summed E-state index contributed by atoms with van der Waals surface area (Å²) in [7, 11) is 0. The van der Waals surface area contributed by atoms with Crippen LogP contribution in [0, 0.1) is 0 Å². The van der Waals surface area contributed by atoms with Crippen LogP contribution in [0.2, 0.25) is 0 Å². The number of aliphatic imine (C=N–C) groups is 1. The molecule has 1 aliphatic rings. The number of rotatable bonds is 0. The molecule has 0 bridgehead atoms. The molecule has 1 aliphatic heterocycles. The summed E-state index contributed by atoms with van der Waals surface area (Å²) in [6.07, 6.45) is -4.26. The molecule has 0 N–H and O–H groups in total. The zero-order chi connectivity index (χ0) is 6.91. The maximum absolute atomic E-state index is 11.6. The van der Waals surface area contributed by atoms with Gasteiger partial charge in [-0.3, -0.25) is 4.99 Å². The fourth-order valence-electron chi connectivity index (χ4n) is 0.521. The smallest absolute Gasteiger partial charge is 0.266 e. The molecule has 1 heterocycles. The van der Waals surface area contributed by atoms with Crippen molar-refractivity contribution >= 4 is 5.71 Å². The summed E-state index contributed by atoms with van der Waals surface area (Å²) in [5, 5.41) is 3.41. The second kappa shape index (κ2) is 1.98. The predicted molar refractivity (Wildman–Crippen MR) is 25.4 cm³/mol. The van der Waals surface area contributed by atoms with E-state index in [1.165, 1.54) is 0 Å². The van der Waals surface area contributed by atoms with E-state index in [1.54, 1.807) is 0 Å². The van der Waals surface area contributed by atoms with Gasteiger partial charge in [-0.15, -0.1) is 0 Å². The first-order valence-electron chi connectivity index (χ1n) is 2.34. The Balaban J connectivity index is 2.61. The summed E-state index contributed by atoms with van der Waals surface area (Å²) in [6, 6.07) is 0. The van der Waals surface area contributed by atoms with E-state index in [0.29, 0.717) is 0 Å². The first-order chi connectivity index (χ1) is 4.11. The lowest BCUT2D eigenvalue weighted by molar-refractivity contribution is -0.0593.